The molecule has 0 bridgehead atoms. The van der Waals surface area contributed by atoms with Gasteiger partial charge in [0.05, 0.1) is 23.8 Å². The third-order valence-electron chi connectivity index (χ3n) is 2.43. The Hall–Kier alpha value is -2.64. The van der Waals surface area contributed by atoms with Crippen molar-refractivity contribution in [1.82, 2.24) is 25.3 Å². The van der Waals surface area contributed by atoms with Gasteiger partial charge in [-0.1, -0.05) is 5.16 Å². The van der Waals surface area contributed by atoms with Crippen LogP contribution in [0.1, 0.15) is 11.5 Å². The minimum Gasteiger partial charge on any atom is -0.368 e. The van der Waals surface area contributed by atoms with Crippen LogP contribution in [0.2, 0.25) is 0 Å². The van der Waals surface area contributed by atoms with Gasteiger partial charge < -0.3 is 15.6 Å². The van der Waals surface area contributed by atoms with E-state index in [-0.39, 0.29) is 5.95 Å². The first-order chi connectivity index (χ1) is 8.72. The molecule has 18 heavy (non-hydrogen) atoms. The lowest BCUT2D eigenvalue weighted by Crippen LogP contribution is -2.04. The number of hydrogen-bond donors (Lipinski definition) is 3. The third-order valence-corrected chi connectivity index (χ3v) is 2.43. The summed E-state index contributed by atoms with van der Waals surface area (Å²) in [6.45, 7) is 2.33. The van der Waals surface area contributed by atoms with Crippen LogP contribution in [0.15, 0.2) is 16.8 Å². The summed E-state index contributed by atoms with van der Waals surface area (Å²) in [6.07, 6.45) is 1.64. The van der Waals surface area contributed by atoms with Crippen LogP contribution in [0, 0.1) is 6.92 Å². The van der Waals surface area contributed by atoms with E-state index in [0.717, 1.165) is 16.8 Å². The van der Waals surface area contributed by atoms with Crippen LogP contribution in [0.3, 0.4) is 0 Å². The van der Waals surface area contributed by atoms with E-state index in [1.165, 1.54) is 0 Å². The highest BCUT2D eigenvalue weighted by Gasteiger charge is 2.08. The summed E-state index contributed by atoms with van der Waals surface area (Å²) in [6, 6.07) is 1.85. The molecule has 3 aromatic rings. The number of nitrogens with one attached hydrogen (secondary N) is 2. The summed E-state index contributed by atoms with van der Waals surface area (Å²) in [5.41, 5.74) is 7.04. The van der Waals surface area contributed by atoms with E-state index in [9.17, 15) is 0 Å². The standard InChI is InChI=1S/C10H11N7O/c1-5-2-6(18-17-5)3-12-8-7-4-13-16-9(7)15-10(11)14-8/h2,4H,3H2,1H3,(H4,11,12,13,14,15,16). The predicted molar refractivity (Wildman–Crippen MR) is 64.7 cm³/mol. The number of anilines is 2. The van der Waals surface area contributed by atoms with Crippen molar-refractivity contribution in [3.63, 3.8) is 0 Å². The average Bonchev–Trinajstić information content (AvgIpc) is 2.94. The average molecular weight is 245 g/mol. The SMILES string of the molecule is Cc1cc(CNc2nc(N)nc3[nH]ncc23)on1. The molecule has 3 heterocycles. The number of hydrogen-bond acceptors (Lipinski definition) is 7. The van der Waals surface area contributed by atoms with E-state index in [0.29, 0.717) is 18.0 Å². The van der Waals surface area contributed by atoms with E-state index < -0.39 is 0 Å². The molecule has 0 aliphatic rings. The molecule has 8 heteroatoms. The van der Waals surface area contributed by atoms with Crippen molar-refractivity contribution in [2.45, 2.75) is 13.5 Å². The summed E-state index contributed by atoms with van der Waals surface area (Å²) >= 11 is 0. The minimum atomic E-state index is 0.183. The van der Waals surface area contributed by atoms with Gasteiger partial charge in [0.25, 0.3) is 0 Å². The molecular weight excluding hydrogens is 234 g/mol. The fraction of sp³-hybridized carbons (Fsp3) is 0.200. The van der Waals surface area contributed by atoms with Gasteiger partial charge in [-0.05, 0) is 6.92 Å². The largest absolute Gasteiger partial charge is 0.368 e. The van der Waals surface area contributed by atoms with Gasteiger partial charge in [0.2, 0.25) is 5.95 Å². The monoisotopic (exact) mass is 245 g/mol. The van der Waals surface area contributed by atoms with Crippen molar-refractivity contribution >= 4 is 22.8 Å². The molecule has 0 saturated heterocycles. The molecule has 4 N–H and O–H groups in total. The van der Waals surface area contributed by atoms with Crippen molar-refractivity contribution in [1.29, 1.82) is 0 Å². The number of fused-ring (bicyclic) bond motifs is 1. The van der Waals surface area contributed by atoms with Gasteiger partial charge in [0.15, 0.2) is 11.4 Å². The van der Waals surface area contributed by atoms with Crippen LogP contribution in [-0.2, 0) is 6.54 Å². The van der Waals surface area contributed by atoms with Gasteiger partial charge in [-0.15, -0.1) is 0 Å². The van der Waals surface area contributed by atoms with E-state index >= 15 is 0 Å². The Morgan fingerprint density at radius 3 is 3.11 bits per heavy atom. The smallest absolute Gasteiger partial charge is 0.224 e. The Morgan fingerprint density at radius 1 is 1.44 bits per heavy atom. The molecule has 0 amide bonds. The lowest BCUT2D eigenvalue weighted by atomic mass is 10.3. The van der Waals surface area contributed by atoms with Gasteiger partial charge in [-0.2, -0.15) is 15.1 Å². The predicted octanol–water partition coefficient (Wildman–Crippen LogP) is 0.844. The Bertz CT molecular complexity index is 686. The van der Waals surface area contributed by atoms with Crippen LogP contribution in [0.4, 0.5) is 11.8 Å². The molecule has 0 aliphatic heterocycles. The number of aryl methyl sites for hydroxylation is 1. The summed E-state index contributed by atoms with van der Waals surface area (Å²) in [5.74, 6) is 1.52. The first-order valence-electron chi connectivity index (χ1n) is 5.35. The summed E-state index contributed by atoms with van der Waals surface area (Å²) in [5, 5.41) is 14.4. The molecule has 0 aromatic carbocycles. The second-order valence-electron chi connectivity index (χ2n) is 3.85. The number of H-pyrrole nitrogens is 1. The fourth-order valence-corrected chi connectivity index (χ4v) is 1.66. The van der Waals surface area contributed by atoms with Crippen molar-refractivity contribution in [3.8, 4) is 0 Å². The lowest BCUT2D eigenvalue weighted by molar-refractivity contribution is 0.384. The number of aromatic nitrogens is 5. The lowest BCUT2D eigenvalue weighted by Gasteiger charge is -2.04. The zero-order valence-electron chi connectivity index (χ0n) is 9.64. The van der Waals surface area contributed by atoms with Crippen LogP contribution < -0.4 is 11.1 Å². The summed E-state index contributed by atoms with van der Waals surface area (Å²) in [7, 11) is 0. The highest BCUT2D eigenvalue weighted by molar-refractivity contribution is 5.86. The van der Waals surface area contributed by atoms with Crippen LogP contribution in [0.25, 0.3) is 11.0 Å². The Balaban J connectivity index is 1.87. The molecule has 0 unspecified atom stereocenters. The van der Waals surface area contributed by atoms with Crippen molar-refractivity contribution < 1.29 is 4.52 Å². The Morgan fingerprint density at radius 2 is 2.33 bits per heavy atom. The van der Waals surface area contributed by atoms with E-state index in [4.69, 9.17) is 10.3 Å². The molecule has 0 fully saturated rings. The molecule has 0 saturated carbocycles. The molecular formula is C10H11N7O. The maximum atomic E-state index is 5.61. The van der Waals surface area contributed by atoms with Crippen molar-refractivity contribution in [2.24, 2.45) is 0 Å². The molecule has 0 spiro atoms. The second kappa shape index (κ2) is 3.99. The number of nitrogens with two attached hydrogens (primary N) is 1. The number of nitrogen functional groups attached to an aromatic ring is 1. The van der Waals surface area contributed by atoms with Crippen LogP contribution >= 0.6 is 0 Å². The van der Waals surface area contributed by atoms with Crippen LogP contribution in [0.5, 0.6) is 0 Å². The summed E-state index contributed by atoms with van der Waals surface area (Å²) in [4.78, 5) is 8.16. The highest BCUT2D eigenvalue weighted by atomic mass is 16.5. The molecule has 0 aliphatic carbocycles. The third kappa shape index (κ3) is 1.83. The van der Waals surface area contributed by atoms with Gasteiger partial charge in [0, 0.05) is 6.07 Å². The minimum absolute atomic E-state index is 0.183. The Kier molecular flexibility index (Phi) is 2.33. The number of aromatic amines is 1. The molecule has 92 valence electrons. The molecule has 3 aromatic heterocycles. The van der Waals surface area contributed by atoms with Gasteiger partial charge >= 0.3 is 0 Å². The zero-order chi connectivity index (χ0) is 12.5. The topological polar surface area (TPSA) is 119 Å². The quantitative estimate of drug-likeness (QED) is 0.625. The normalized spacial score (nSPS) is 10.9. The van der Waals surface area contributed by atoms with Crippen LogP contribution in [-0.4, -0.2) is 25.3 Å². The number of nitrogens with zero attached hydrogens (tertiary/aromatic N) is 4. The number of rotatable bonds is 3. The maximum Gasteiger partial charge on any atom is 0.224 e. The zero-order valence-corrected chi connectivity index (χ0v) is 9.64. The van der Waals surface area contributed by atoms with Gasteiger partial charge in [-0.25, -0.2) is 0 Å². The molecule has 0 atom stereocenters. The first-order valence-corrected chi connectivity index (χ1v) is 5.35. The summed E-state index contributed by atoms with van der Waals surface area (Å²) < 4.78 is 5.10. The van der Waals surface area contributed by atoms with Crippen molar-refractivity contribution in [2.75, 3.05) is 11.1 Å². The highest BCUT2D eigenvalue weighted by Crippen LogP contribution is 2.19. The van der Waals surface area contributed by atoms with Gasteiger partial charge in [0.1, 0.15) is 5.82 Å². The van der Waals surface area contributed by atoms with E-state index in [2.05, 4.69) is 30.6 Å². The second-order valence-corrected chi connectivity index (χ2v) is 3.85. The first kappa shape index (κ1) is 10.5. The van der Waals surface area contributed by atoms with E-state index in [1.807, 2.05) is 13.0 Å². The molecule has 8 nitrogen and oxygen atoms in total. The molecule has 3 rings (SSSR count). The Labute approximate surface area is 102 Å². The maximum absolute atomic E-state index is 5.61. The van der Waals surface area contributed by atoms with Crippen molar-refractivity contribution in [3.05, 3.63) is 23.7 Å². The fourth-order valence-electron chi connectivity index (χ4n) is 1.66. The molecule has 0 radical (unpaired) electrons. The van der Waals surface area contributed by atoms with E-state index in [1.54, 1.807) is 6.20 Å². The van der Waals surface area contributed by atoms with Gasteiger partial charge in [-0.3, -0.25) is 5.10 Å².